The highest BCUT2D eigenvalue weighted by atomic mass is 16.6. The van der Waals surface area contributed by atoms with Crippen LogP contribution in [0.15, 0.2) is 66.7 Å². The van der Waals surface area contributed by atoms with Gasteiger partial charge in [0, 0.05) is 6.54 Å². The number of imide groups is 1. The zero-order chi connectivity index (χ0) is 24.2. The van der Waals surface area contributed by atoms with Gasteiger partial charge in [-0.15, -0.1) is 0 Å². The summed E-state index contributed by atoms with van der Waals surface area (Å²) >= 11 is 0. The molecule has 4 aliphatic rings. The van der Waals surface area contributed by atoms with E-state index < -0.39 is 35.7 Å². The standard InChI is InChI=1S/C27H26N2O6/c1-33-19-11-9-18(10-12-19)16-29-24-26(32)28(15-17-6-3-2-4-7-17)21(30)14-27(24)22(25(29)31)23-20(35-27)8-5-13-34-23/h2-12,20,22-24H,13-16H2,1H3/t20-,22+,23+,24-,27+/m1/s1. The first-order valence-corrected chi connectivity index (χ1v) is 11.8. The number of benzene rings is 2. The van der Waals surface area contributed by atoms with Crippen molar-refractivity contribution in [2.45, 2.75) is 43.4 Å². The number of likely N-dealkylation sites (tertiary alicyclic amines) is 2. The molecule has 4 aliphatic heterocycles. The van der Waals surface area contributed by atoms with Gasteiger partial charge < -0.3 is 19.1 Å². The Morgan fingerprint density at radius 3 is 2.46 bits per heavy atom. The van der Waals surface area contributed by atoms with Crippen LogP contribution in [0.3, 0.4) is 0 Å². The quantitative estimate of drug-likeness (QED) is 0.487. The van der Waals surface area contributed by atoms with Crippen LogP contribution in [-0.4, -0.2) is 65.1 Å². The fraction of sp³-hybridized carbons (Fsp3) is 0.370. The van der Waals surface area contributed by atoms with Crippen molar-refractivity contribution in [2.24, 2.45) is 5.92 Å². The summed E-state index contributed by atoms with van der Waals surface area (Å²) in [5, 5.41) is 0. The lowest BCUT2D eigenvalue weighted by Crippen LogP contribution is -2.63. The molecule has 2 aromatic carbocycles. The van der Waals surface area contributed by atoms with Gasteiger partial charge in [0.15, 0.2) is 0 Å². The second kappa shape index (κ2) is 8.32. The highest BCUT2D eigenvalue weighted by molar-refractivity contribution is 6.07. The molecule has 8 heteroatoms. The number of hydrogen-bond acceptors (Lipinski definition) is 6. The van der Waals surface area contributed by atoms with Crippen LogP contribution < -0.4 is 4.74 Å². The van der Waals surface area contributed by atoms with E-state index in [1.165, 1.54) is 4.90 Å². The zero-order valence-electron chi connectivity index (χ0n) is 19.3. The van der Waals surface area contributed by atoms with Gasteiger partial charge in [0.2, 0.25) is 11.8 Å². The number of amides is 3. The molecule has 2 aromatic rings. The van der Waals surface area contributed by atoms with Crippen molar-refractivity contribution < 1.29 is 28.6 Å². The van der Waals surface area contributed by atoms with Gasteiger partial charge in [-0.1, -0.05) is 54.6 Å². The molecule has 6 rings (SSSR count). The van der Waals surface area contributed by atoms with Crippen molar-refractivity contribution in [2.75, 3.05) is 13.7 Å². The first kappa shape index (κ1) is 22.0. The summed E-state index contributed by atoms with van der Waals surface area (Å²) < 4.78 is 17.6. The first-order valence-electron chi connectivity index (χ1n) is 11.8. The van der Waals surface area contributed by atoms with Crippen LogP contribution in [0, 0.1) is 5.92 Å². The highest BCUT2D eigenvalue weighted by Crippen LogP contribution is 2.53. The molecule has 0 N–H and O–H groups in total. The highest BCUT2D eigenvalue weighted by Gasteiger charge is 2.73. The number of hydrogen-bond donors (Lipinski definition) is 0. The molecule has 0 radical (unpaired) electrons. The molecule has 1 spiro atoms. The fourth-order valence-corrected chi connectivity index (χ4v) is 5.93. The lowest BCUT2D eigenvalue weighted by molar-refractivity contribution is -0.171. The van der Waals surface area contributed by atoms with Crippen LogP contribution in [-0.2, 0) is 36.9 Å². The lowest BCUT2D eigenvalue weighted by Gasteiger charge is -2.42. The van der Waals surface area contributed by atoms with Gasteiger partial charge in [-0.05, 0) is 23.3 Å². The Bertz CT molecular complexity index is 1200. The third-order valence-electron chi connectivity index (χ3n) is 7.49. The van der Waals surface area contributed by atoms with Crippen LogP contribution in [0.2, 0.25) is 0 Å². The Kier molecular flexibility index (Phi) is 5.23. The summed E-state index contributed by atoms with van der Waals surface area (Å²) in [6.07, 6.45) is 2.71. The average Bonchev–Trinajstić information content (AvgIpc) is 3.31. The Morgan fingerprint density at radius 1 is 0.971 bits per heavy atom. The van der Waals surface area contributed by atoms with Crippen molar-refractivity contribution >= 4 is 17.7 Å². The van der Waals surface area contributed by atoms with Crippen LogP contribution in [0.4, 0.5) is 0 Å². The minimum absolute atomic E-state index is 0.0457. The molecule has 35 heavy (non-hydrogen) atoms. The summed E-state index contributed by atoms with van der Waals surface area (Å²) in [6, 6.07) is 15.9. The molecule has 3 saturated heterocycles. The summed E-state index contributed by atoms with van der Waals surface area (Å²) in [5.41, 5.74) is 0.462. The molecule has 3 amide bonds. The topological polar surface area (TPSA) is 85.4 Å². The summed E-state index contributed by atoms with van der Waals surface area (Å²) in [6.45, 7) is 0.751. The van der Waals surface area contributed by atoms with Crippen molar-refractivity contribution in [1.82, 2.24) is 9.80 Å². The van der Waals surface area contributed by atoms with Gasteiger partial charge in [0.25, 0.3) is 5.91 Å². The molecular weight excluding hydrogens is 448 g/mol. The maximum absolute atomic E-state index is 14.0. The third-order valence-corrected chi connectivity index (χ3v) is 7.49. The van der Waals surface area contributed by atoms with E-state index in [0.717, 1.165) is 11.1 Å². The summed E-state index contributed by atoms with van der Waals surface area (Å²) in [7, 11) is 1.59. The molecule has 0 saturated carbocycles. The Morgan fingerprint density at radius 2 is 1.71 bits per heavy atom. The number of carbonyl (C=O) groups excluding carboxylic acids is 3. The normalized spacial score (nSPS) is 31.4. The first-order chi connectivity index (χ1) is 17.0. The molecule has 5 atom stereocenters. The van der Waals surface area contributed by atoms with E-state index in [0.29, 0.717) is 12.4 Å². The minimum Gasteiger partial charge on any atom is -0.497 e. The van der Waals surface area contributed by atoms with Gasteiger partial charge in [0.1, 0.15) is 29.6 Å². The summed E-state index contributed by atoms with van der Waals surface area (Å²) in [5.74, 6) is -0.959. The van der Waals surface area contributed by atoms with Gasteiger partial charge in [-0.2, -0.15) is 0 Å². The molecule has 0 bridgehead atoms. The molecule has 0 aromatic heterocycles. The summed E-state index contributed by atoms with van der Waals surface area (Å²) in [4.78, 5) is 44.1. The average molecular weight is 475 g/mol. The van der Waals surface area contributed by atoms with Gasteiger partial charge in [-0.25, -0.2) is 0 Å². The second-order valence-corrected chi connectivity index (χ2v) is 9.44. The van der Waals surface area contributed by atoms with Crippen molar-refractivity contribution in [3.63, 3.8) is 0 Å². The number of nitrogens with zero attached hydrogens (tertiary/aromatic N) is 2. The predicted octanol–water partition coefficient (Wildman–Crippen LogP) is 2.07. The van der Waals surface area contributed by atoms with Crippen molar-refractivity contribution in [1.29, 1.82) is 0 Å². The molecule has 0 aliphatic carbocycles. The molecule has 4 heterocycles. The number of fused-ring (bicyclic) bond motifs is 2. The molecule has 3 fully saturated rings. The Labute approximate surface area is 203 Å². The maximum atomic E-state index is 14.0. The fourth-order valence-electron chi connectivity index (χ4n) is 5.93. The van der Waals surface area contributed by atoms with Crippen LogP contribution >= 0.6 is 0 Å². The van der Waals surface area contributed by atoms with E-state index in [1.807, 2.05) is 66.7 Å². The predicted molar refractivity (Wildman–Crippen MR) is 124 cm³/mol. The van der Waals surface area contributed by atoms with Crippen molar-refractivity contribution in [3.05, 3.63) is 77.9 Å². The Hall–Kier alpha value is -3.49. The monoisotopic (exact) mass is 474 g/mol. The lowest BCUT2D eigenvalue weighted by atomic mass is 9.77. The number of rotatable bonds is 5. The van der Waals surface area contributed by atoms with Crippen molar-refractivity contribution in [3.8, 4) is 5.75 Å². The third kappa shape index (κ3) is 3.39. The number of methoxy groups -OCH3 is 1. The minimum atomic E-state index is -1.24. The van der Waals surface area contributed by atoms with Gasteiger partial charge >= 0.3 is 0 Å². The Balaban J connectivity index is 1.38. The van der Waals surface area contributed by atoms with E-state index in [4.69, 9.17) is 14.2 Å². The largest absolute Gasteiger partial charge is 0.497 e. The van der Waals surface area contributed by atoms with E-state index in [1.54, 1.807) is 12.0 Å². The van der Waals surface area contributed by atoms with Gasteiger partial charge in [-0.3, -0.25) is 19.3 Å². The van der Waals surface area contributed by atoms with E-state index in [9.17, 15) is 14.4 Å². The van der Waals surface area contributed by atoms with Gasteiger partial charge in [0.05, 0.1) is 32.6 Å². The molecular formula is C27H26N2O6. The molecule has 0 unspecified atom stereocenters. The van der Waals surface area contributed by atoms with Crippen LogP contribution in [0.1, 0.15) is 17.5 Å². The smallest absolute Gasteiger partial charge is 0.255 e. The maximum Gasteiger partial charge on any atom is 0.255 e. The van der Waals surface area contributed by atoms with E-state index in [-0.39, 0.29) is 31.3 Å². The zero-order valence-corrected chi connectivity index (χ0v) is 19.3. The van der Waals surface area contributed by atoms with E-state index in [2.05, 4.69) is 0 Å². The molecule has 180 valence electrons. The van der Waals surface area contributed by atoms with Crippen LogP contribution in [0.5, 0.6) is 5.75 Å². The number of piperidine rings is 1. The number of carbonyl (C=O) groups is 3. The van der Waals surface area contributed by atoms with Crippen LogP contribution in [0.25, 0.3) is 0 Å². The second-order valence-electron chi connectivity index (χ2n) is 9.44. The molecule has 8 nitrogen and oxygen atoms in total. The van der Waals surface area contributed by atoms with E-state index >= 15 is 0 Å². The number of ether oxygens (including phenoxy) is 3. The SMILES string of the molecule is COc1ccc(CN2C(=O)[C@@H]3[C@H]4OCC=C[C@H]4O[C@@]34CC(=O)N(Cc3ccccc3)C(=O)[C@@H]24)cc1.